The second kappa shape index (κ2) is 8.57. The molecule has 1 unspecified atom stereocenters. The molecule has 0 saturated heterocycles. The van der Waals surface area contributed by atoms with Crippen molar-refractivity contribution >= 4 is 23.3 Å². The summed E-state index contributed by atoms with van der Waals surface area (Å²) in [5.41, 5.74) is 0. The van der Waals surface area contributed by atoms with Crippen molar-refractivity contribution in [2.24, 2.45) is 0 Å². The fourth-order valence-electron chi connectivity index (χ4n) is 2.04. The van der Waals surface area contributed by atoms with E-state index in [0.717, 1.165) is 5.75 Å². The molecule has 2 rings (SSSR count). The van der Waals surface area contributed by atoms with Crippen LogP contribution in [-0.4, -0.2) is 36.6 Å². The molecule has 0 amide bonds. The molecule has 6 nitrogen and oxygen atoms in total. The third-order valence-corrected chi connectivity index (χ3v) is 3.27. The number of carbonyl (C=O) groups excluding carboxylic acids is 1. The van der Waals surface area contributed by atoms with Crippen LogP contribution < -0.4 is 20.1 Å². The lowest BCUT2D eigenvalue weighted by Gasteiger charge is -2.27. The normalized spacial score (nSPS) is 15.9. The van der Waals surface area contributed by atoms with Gasteiger partial charge in [0.05, 0.1) is 6.10 Å². The molecule has 0 aromatic heterocycles. The van der Waals surface area contributed by atoms with E-state index in [4.69, 9.17) is 26.4 Å². The minimum absolute atomic E-state index is 0.0791. The summed E-state index contributed by atoms with van der Waals surface area (Å²) in [6.07, 6.45) is 0.600. The first-order valence-corrected chi connectivity index (χ1v) is 8.08. The Morgan fingerprint density at radius 2 is 2.13 bits per heavy atom. The third-order valence-electron chi connectivity index (χ3n) is 3.01. The number of hydrogen-bond acceptors (Lipinski definition) is 5. The lowest BCUT2D eigenvalue weighted by Crippen LogP contribution is -2.49. The van der Waals surface area contributed by atoms with Crippen LogP contribution in [0.2, 0.25) is 0 Å². The van der Waals surface area contributed by atoms with Gasteiger partial charge >= 0.3 is 5.97 Å². The molecule has 1 aliphatic rings. The van der Waals surface area contributed by atoms with Gasteiger partial charge in [-0.2, -0.15) is 0 Å². The van der Waals surface area contributed by atoms with Gasteiger partial charge in [0.15, 0.2) is 16.6 Å². The van der Waals surface area contributed by atoms with Crippen LogP contribution in [0.5, 0.6) is 11.5 Å². The van der Waals surface area contributed by atoms with Crippen LogP contribution in [0, 0.1) is 0 Å². The Bertz CT molecular complexity index is 551. The van der Waals surface area contributed by atoms with Crippen molar-refractivity contribution in [3.05, 3.63) is 24.3 Å². The van der Waals surface area contributed by atoms with E-state index in [1.165, 1.54) is 0 Å². The molecule has 1 aliphatic heterocycles. The number of carbonyl (C=O) groups is 1. The van der Waals surface area contributed by atoms with Crippen molar-refractivity contribution < 1.29 is 19.0 Å². The highest BCUT2D eigenvalue weighted by atomic mass is 32.1. The Labute approximate surface area is 141 Å². The highest BCUT2D eigenvalue weighted by molar-refractivity contribution is 7.80. The quantitative estimate of drug-likeness (QED) is 0.467. The highest BCUT2D eigenvalue weighted by Crippen LogP contribution is 2.30. The van der Waals surface area contributed by atoms with Crippen LogP contribution in [-0.2, 0) is 9.53 Å². The van der Waals surface area contributed by atoms with Crippen molar-refractivity contribution in [1.29, 1.82) is 0 Å². The van der Waals surface area contributed by atoms with E-state index in [9.17, 15) is 4.79 Å². The summed E-state index contributed by atoms with van der Waals surface area (Å²) in [5, 5.41) is 6.54. The first-order chi connectivity index (χ1) is 11.0. The summed E-state index contributed by atoms with van der Waals surface area (Å²) >= 11 is 5.21. The van der Waals surface area contributed by atoms with E-state index < -0.39 is 0 Å². The van der Waals surface area contributed by atoms with E-state index in [1.54, 1.807) is 0 Å². The van der Waals surface area contributed by atoms with Crippen LogP contribution in [0.3, 0.4) is 0 Å². The molecule has 7 heteroatoms. The van der Waals surface area contributed by atoms with Crippen LogP contribution in [0.1, 0.15) is 26.7 Å². The highest BCUT2D eigenvalue weighted by Gasteiger charge is 2.20. The van der Waals surface area contributed by atoms with Gasteiger partial charge in [0.1, 0.15) is 6.61 Å². The zero-order valence-electron chi connectivity index (χ0n) is 13.3. The first-order valence-electron chi connectivity index (χ1n) is 7.67. The number of rotatable bonds is 6. The van der Waals surface area contributed by atoms with Gasteiger partial charge in [-0.25, -0.2) is 0 Å². The molecule has 0 fully saturated rings. The average molecular weight is 338 g/mol. The predicted octanol–water partition coefficient (Wildman–Crippen LogP) is 1.98. The Morgan fingerprint density at radius 3 is 2.87 bits per heavy atom. The van der Waals surface area contributed by atoms with E-state index in [2.05, 4.69) is 10.6 Å². The minimum atomic E-state index is -0.337. The predicted molar refractivity (Wildman–Crippen MR) is 90.6 cm³/mol. The summed E-state index contributed by atoms with van der Waals surface area (Å²) in [7, 11) is 0. The minimum Gasteiger partial charge on any atom is -0.484 e. The van der Waals surface area contributed by atoms with Crippen LogP contribution in [0.25, 0.3) is 0 Å². The molecular formula is C16H22N2O4S. The van der Waals surface area contributed by atoms with Gasteiger partial charge in [0, 0.05) is 13.0 Å². The third kappa shape index (κ3) is 5.94. The lowest BCUT2D eigenvalue weighted by molar-refractivity contribution is -0.147. The lowest BCUT2D eigenvalue weighted by atomic mass is 10.3. The van der Waals surface area contributed by atoms with Crippen LogP contribution in [0.15, 0.2) is 24.3 Å². The fraction of sp³-hybridized carbons (Fsp3) is 0.500. The van der Waals surface area contributed by atoms with Crippen LogP contribution in [0.4, 0.5) is 0 Å². The number of thiocarbonyl (C=S) groups is 1. The van der Waals surface area contributed by atoms with E-state index in [1.807, 2.05) is 38.1 Å². The van der Waals surface area contributed by atoms with E-state index in [-0.39, 0.29) is 18.3 Å². The first kappa shape index (κ1) is 17.3. The number of fused-ring (bicyclic) bond motifs is 1. The number of benzene rings is 1. The van der Waals surface area contributed by atoms with Gasteiger partial charge in [-0.05, 0) is 44.6 Å². The number of esters is 1. The molecule has 1 heterocycles. The SMILES string of the molecule is CC(C)OC(=O)CCCNC(=S)NC1COc2ccccc2O1. The largest absolute Gasteiger partial charge is 0.484 e. The van der Waals surface area contributed by atoms with Gasteiger partial charge < -0.3 is 24.8 Å². The number of hydrogen-bond donors (Lipinski definition) is 2. The second-order valence-corrected chi connectivity index (χ2v) is 5.81. The standard InChI is InChI=1S/C16H22N2O4S/c1-11(2)21-15(19)8-5-9-17-16(23)18-14-10-20-12-6-3-4-7-13(12)22-14/h3-4,6-7,11,14H,5,8-10H2,1-2H3,(H2,17,18,23). The molecule has 0 saturated carbocycles. The molecule has 0 spiro atoms. The molecule has 1 aromatic carbocycles. The van der Waals surface area contributed by atoms with Gasteiger partial charge in [0.2, 0.25) is 6.23 Å². The summed E-state index contributed by atoms with van der Waals surface area (Å²) in [5.74, 6) is 1.23. The maximum atomic E-state index is 11.4. The Balaban J connectivity index is 1.63. The second-order valence-electron chi connectivity index (χ2n) is 5.41. The molecule has 0 bridgehead atoms. The van der Waals surface area contributed by atoms with Crippen molar-refractivity contribution in [2.75, 3.05) is 13.2 Å². The fourth-order valence-corrected chi connectivity index (χ4v) is 2.28. The zero-order chi connectivity index (χ0) is 16.7. The zero-order valence-corrected chi connectivity index (χ0v) is 14.2. The monoisotopic (exact) mass is 338 g/mol. The van der Waals surface area contributed by atoms with Crippen molar-refractivity contribution in [2.45, 2.75) is 39.0 Å². The van der Waals surface area contributed by atoms with Gasteiger partial charge in [-0.3, -0.25) is 4.79 Å². The van der Waals surface area contributed by atoms with Gasteiger partial charge in [-0.15, -0.1) is 0 Å². The molecule has 1 aromatic rings. The molecular weight excluding hydrogens is 316 g/mol. The maximum absolute atomic E-state index is 11.4. The molecule has 1 atom stereocenters. The summed E-state index contributed by atoms with van der Waals surface area (Å²) < 4.78 is 16.4. The van der Waals surface area contributed by atoms with Crippen LogP contribution >= 0.6 is 12.2 Å². The summed E-state index contributed by atoms with van der Waals surface area (Å²) in [4.78, 5) is 11.4. The number of nitrogens with one attached hydrogen (secondary N) is 2. The topological polar surface area (TPSA) is 68.8 Å². The Hall–Kier alpha value is -2.02. The molecule has 2 N–H and O–H groups in total. The van der Waals surface area contributed by atoms with Crippen molar-refractivity contribution in [3.63, 3.8) is 0 Å². The number of para-hydroxylation sites is 2. The smallest absolute Gasteiger partial charge is 0.306 e. The van der Waals surface area contributed by atoms with Gasteiger partial charge in [0.25, 0.3) is 0 Å². The van der Waals surface area contributed by atoms with E-state index >= 15 is 0 Å². The summed E-state index contributed by atoms with van der Waals surface area (Å²) in [6.45, 7) is 4.63. The summed E-state index contributed by atoms with van der Waals surface area (Å²) in [6, 6.07) is 7.49. The molecule has 23 heavy (non-hydrogen) atoms. The Morgan fingerprint density at radius 1 is 1.39 bits per heavy atom. The van der Waals surface area contributed by atoms with Crippen molar-refractivity contribution in [3.8, 4) is 11.5 Å². The molecule has 0 radical (unpaired) electrons. The van der Waals surface area contributed by atoms with Gasteiger partial charge in [-0.1, -0.05) is 12.1 Å². The molecule has 0 aliphatic carbocycles. The van der Waals surface area contributed by atoms with E-state index in [0.29, 0.717) is 36.9 Å². The number of ether oxygens (including phenoxy) is 3. The Kier molecular flexibility index (Phi) is 6.46. The van der Waals surface area contributed by atoms with Crippen molar-refractivity contribution in [1.82, 2.24) is 10.6 Å². The maximum Gasteiger partial charge on any atom is 0.306 e. The average Bonchev–Trinajstić information content (AvgIpc) is 2.51. The molecule has 126 valence electrons.